The molecule has 122 valence electrons. The molecule has 1 aliphatic heterocycles. The van der Waals surface area contributed by atoms with Gasteiger partial charge in [0.2, 0.25) is 0 Å². The highest BCUT2D eigenvalue weighted by atomic mass is 16.5. The molecule has 2 aromatic carbocycles. The Balaban J connectivity index is 1.70. The minimum atomic E-state index is -0.270. The van der Waals surface area contributed by atoms with Crippen LogP contribution >= 0.6 is 0 Å². The Morgan fingerprint density at radius 2 is 2.17 bits per heavy atom. The molecule has 0 aromatic heterocycles. The summed E-state index contributed by atoms with van der Waals surface area (Å²) in [7, 11) is 0. The summed E-state index contributed by atoms with van der Waals surface area (Å²) in [5.41, 5.74) is 1.53. The summed E-state index contributed by atoms with van der Waals surface area (Å²) in [5.74, 6) is 0.259. The molecule has 0 bridgehead atoms. The van der Waals surface area contributed by atoms with E-state index < -0.39 is 0 Å². The summed E-state index contributed by atoms with van der Waals surface area (Å²) < 4.78 is 11.3. The van der Waals surface area contributed by atoms with Crippen molar-refractivity contribution in [2.45, 2.75) is 18.9 Å². The molecule has 0 radical (unpaired) electrons. The van der Waals surface area contributed by atoms with Gasteiger partial charge in [-0.05, 0) is 43.2 Å². The molecule has 5 nitrogen and oxygen atoms in total. The van der Waals surface area contributed by atoms with E-state index in [0.717, 1.165) is 19.4 Å². The van der Waals surface area contributed by atoms with E-state index in [0.29, 0.717) is 29.2 Å². The molecule has 5 heteroatoms. The van der Waals surface area contributed by atoms with Crippen molar-refractivity contribution in [2.24, 2.45) is 0 Å². The number of ether oxygens (including phenoxy) is 2. The molecule has 1 aliphatic rings. The second kappa shape index (κ2) is 7.62. The molecular weight excluding hydrogens is 304 g/mol. The van der Waals surface area contributed by atoms with Crippen LogP contribution in [0.25, 0.3) is 0 Å². The third kappa shape index (κ3) is 3.92. The smallest absolute Gasteiger partial charge is 0.259 e. The predicted octanol–water partition coefficient (Wildman–Crippen LogP) is 3.37. The lowest BCUT2D eigenvalue weighted by Crippen LogP contribution is -2.19. The highest BCUT2D eigenvalue weighted by molar-refractivity contribution is 6.06. The number of rotatable bonds is 5. The van der Waals surface area contributed by atoms with Gasteiger partial charge in [-0.1, -0.05) is 18.2 Å². The van der Waals surface area contributed by atoms with Gasteiger partial charge >= 0.3 is 0 Å². The second-order valence-corrected chi connectivity index (χ2v) is 5.59. The van der Waals surface area contributed by atoms with Crippen LogP contribution in [-0.4, -0.2) is 25.2 Å². The van der Waals surface area contributed by atoms with Crippen LogP contribution in [0.5, 0.6) is 5.75 Å². The highest BCUT2D eigenvalue weighted by Crippen LogP contribution is 2.22. The third-order valence-corrected chi connectivity index (χ3v) is 3.83. The van der Waals surface area contributed by atoms with Crippen molar-refractivity contribution in [1.29, 1.82) is 5.26 Å². The van der Waals surface area contributed by atoms with Crippen LogP contribution in [0.4, 0.5) is 5.69 Å². The number of anilines is 1. The first-order valence-electron chi connectivity index (χ1n) is 7.91. The fraction of sp³-hybridized carbons (Fsp3) is 0.263. The van der Waals surface area contributed by atoms with E-state index in [1.165, 1.54) is 0 Å². The number of nitriles is 1. The van der Waals surface area contributed by atoms with Gasteiger partial charge in [0.25, 0.3) is 5.91 Å². The van der Waals surface area contributed by atoms with E-state index in [1.807, 2.05) is 6.07 Å². The molecule has 0 unspecified atom stereocenters. The fourth-order valence-corrected chi connectivity index (χ4v) is 2.60. The zero-order chi connectivity index (χ0) is 16.8. The first-order chi connectivity index (χ1) is 11.8. The van der Waals surface area contributed by atoms with Crippen LogP contribution in [0, 0.1) is 11.3 Å². The van der Waals surface area contributed by atoms with Crippen molar-refractivity contribution in [2.75, 3.05) is 18.5 Å². The van der Waals surface area contributed by atoms with E-state index in [-0.39, 0.29) is 12.0 Å². The Hall–Kier alpha value is -2.84. The van der Waals surface area contributed by atoms with Gasteiger partial charge in [0, 0.05) is 12.3 Å². The molecule has 1 N–H and O–H groups in total. The number of amides is 1. The van der Waals surface area contributed by atoms with Crippen LogP contribution in [0.15, 0.2) is 48.5 Å². The van der Waals surface area contributed by atoms with E-state index in [4.69, 9.17) is 14.7 Å². The molecule has 3 rings (SSSR count). The van der Waals surface area contributed by atoms with Crippen LogP contribution < -0.4 is 10.1 Å². The van der Waals surface area contributed by atoms with Gasteiger partial charge < -0.3 is 14.8 Å². The lowest BCUT2D eigenvalue weighted by Gasteiger charge is -2.14. The van der Waals surface area contributed by atoms with Crippen molar-refractivity contribution >= 4 is 11.6 Å². The first kappa shape index (κ1) is 16.0. The van der Waals surface area contributed by atoms with Crippen molar-refractivity contribution in [3.05, 3.63) is 59.7 Å². The fourth-order valence-electron chi connectivity index (χ4n) is 2.60. The van der Waals surface area contributed by atoms with Gasteiger partial charge in [0.15, 0.2) is 0 Å². The van der Waals surface area contributed by atoms with E-state index in [9.17, 15) is 4.79 Å². The molecular formula is C19H18N2O3. The SMILES string of the molecule is N#Cc1cccc(NC(=O)c2ccccc2OC[C@H]2CCCO2)c1. The molecule has 0 aliphatic carbocycles. The minimum Gasteiger partial charge on any atom is -0.490 e. The zero-order valence-electron chi connectivity index (χ0n) is 13.2. The van der Waals surface area contributed by atoms with Crippen molar-refractivity contribution in [3.8, 4) is 11.8 Å². The standard InChI is InChI=1S/C19H18N2O3/c20-12-14-5-3-6-15(11-14)21-19(22)17-8-1-2-9-18(17)24-13-16-7-4-10-23-16/h1-3,5-6,8-9,11,16H,4,7,10,13H2,(H,21,22)/t16-/m1/s1. The summed E-state index contributed by atoms with van der Waals surface area (Å²) in [6.45, 7) is 1.21. The highest BCUT2D eigenvalue weighted by Gasteiger charge is 2.18. The molecule has 1 atom stereocenters. The lowest BCUT2D eigenvalue weighted by molar-refractivity contribution is 0.0673. The summed E-state index contributed by atoms with van der Waals surface area (Å²) in [6, 6.07) is 16.0. The Morgan fingerprint density at radius 3 is 2.96 bits per heavy atom. The molecule has 1 saturated heterocycles. The molecule has 2 aromatic rings. The minimum absolute atomic E-state index is 0.0911. The summed E-state index contributed by atoms with van der Waals surface area (Å²) in [6.07, 6.45) is 2.12. The Morgan fingerprint density at radius 1 is 1.29 bits per heavy atom. The molecule has 0 spiro atoms. The number of nitrogens with one attached hydrogen (secondary N) is 1. The Labute approximate surface area is 140 Å². The van der Waals surface area contributed by atoms with Crippen molar-refractivity contribution in [3.63, 3.8) is 0 Å². The van der Waals surface area contributed by atoms with Crippen molar-refractivity contribution < 1.29 is 14.3 Å². The third-order valence-electron chi connectivity index (χ3n) is 3.83. The van der Waals surface area contributed by atoms with Gasteiger partial charge in [-0.2, -0.15) is 5.26 Å². The maximum atomic E-state index is 12.5. The van der Waals surface area contributed by atoms with Crippen LogP contribution in [0.2, 0.25) is 0 Å². The van der Waals surface area contributed by atoms with E-state index >= 15 is 0 Å². The quantitative estimate of drug-likeness (QED) is 0.916. The van der Waals surface area contributed by atoms with Gasteiger partial charge in [-0.3, -0.25) is 4.79 Å². The van der Waals surface area contributed by atoms with Crippen LogP contribution in [0.3, 0.4) is 0 Å². The Bertz CT molecular complexity index is 761. The number of carbonyl (C=O) groups excluding carboxylic acids is 1. The van der Waals surface area contributed by atoms with Gasteiger partial charge in [-0.25, -0.2) is 0 Å². The topological polar surface area (TPSA) is 71.4 Å². The number of carbonyl (C=O) groups is 1. The second-order valence-electron chi connectivity index (χ2n) is 5.59. The molecule has 1 fully saturated rings. The van der Waals surface area contributed by atoms with Crippen LogP contribution in [0.1, 0.15) is 28.8 Å². The van der Waals surface area contributed by atoms with Gasteiger partial charge in [0.1, 0.15) is 12.4 Å². The normalized spacial score (nSPS) is 16.4. The predicted molar refractivity (Wildman–Crippen MR) is 90.0 cm³/mol. The van der Waals surface area contributed by atoms with E-state index in [1.54, 1.807) is 42.5 Å². The molecule has 24 heavy (non-hydrogen) atoms. The van der Waals surface area contributed by atoms with Crippen LogP contribution in [-0.2, 0) is 4.74 Å². The van der Waals surface area contributed by atoms with Gasteiger partial charge in [-0.15, -0.1) is 0 Å². The average Bonchev–Trinajstić information content (AvgIpc) is 3.14. The number of nitrogens with zero attached hydrogens (tertiary/aromatic N) is 1. The molecule has 1 amide bonds. The van der Waals surface area contributed by atoms with Gasteiger partial charge in [0.05, 0.1) is 23.3 Å². The lowest BCUT2D eigenvalue weighted by atomic mass is 10.1. The zero-order valence-corrected chi connectivity index (χ0v) is 13.2. The number of hydrogen-bond donors (Lipinski definition) is 1. The largest absolute Gasteiger partial charge is 0.490 e. The van der Waals surface area contributed by atoms with Crippen molar-refractivity contribution in [1.82, 2.24) is 0 Å². The summed E-state index contributed by atoms with van der Waals surface area (Å²) in [5, 5.41) is 11.7. The summed E-state index contributed by atoms with van der Waals surface area (Å²) in [4.78, 5) is 12.5. The maximum absolute atomic E-state index is 12.5. The van der Waals surface area contributed by atoms with E-state index in [2.05, 4.69) is 11.4 Å². The number of para-hydroxylation sites is 1. The maximum Gasteiger partial charge on any atom is 0.259 e. The molecule has 0 saturated carbocycles. The monoisotopic (exact) mass is 322 g/mol. The average molecular weight is 322 g/mol. The Kier molecular flexibility index (Phi) is 5.09. The summed E-state index contributed by atoms with van der Waals surface area (Å²) >= 11 is 0. The first-order valence-corrected chi connectivity index (χ1v) is 7.91. The molecule has 1 heterocycles. The number of hydrogen-bond acceptors (Lipinski definition) is 4. The number of benzene rings is 2.